The molecule has 0 spiro atoms. The molecular formula is C25H24F2N8O4S. The normalized spacial score (nSPS) is 11.2. The zero-order valence-electron chi connectivity index (χ0n) is 21.2. The van der Waals surface area contributed by atoms with Crippen molar-refractivity contribution in [2.45, 2.75) is 20.3 Å². The van der Waals surface area contributed by atoms with Crippen LogP contribution in [0.2, 0.25) is 0 Å². The van der Waals surface area contributed by atoms with Gasteiger partial charge in [0.25, 0.3) is 10.1 Å². The van der Waals surface area contributed by atoms with Crippen LogP contribution in [-0.2, 0) is 10.1 Å². The van der Waals surface area contributed by atoms with Crippen molar-refractivity contribution < 1.29 is 26.5 Å². The van der Waals surface area contributed by atoms with Crippen molar-refractivity contribution in [3.8, 4) is 11.4 Å². The summed E-state index contributed by atoms with van der Waals surface area (Å²) in [5.74, 6) is -1.67. The highest BCUT2D eigenvalue weighted by molar-refractivity contribution is 7.85. The van der Waals surface area contributed by atoms with E-state index in [9.17, 15) is 22.0 Å². The lowest BCUT2D eigenvalue weighted by Crippen LogP contribution is -2.10. The number of hydrogen-bond donors (Lipinski definition) is 5. The maximum atomic E-state index is 14.5. The molecule has 0 aliphatic rings. The molecule has 0 amide bonds. The SMILES string of the molecule is CCCS(=O)(=O)O.Cc1nc(-c2cccc(Nc3ncnc4[nH]cc(C(=O)c5c(F)ccc(N)c5F)c34)c2)n[nH]1. The van der Waals surface area contributed by atoms with Gasteiger partial charge in [-0.1, -0.05) is 19.1 Å². The Hall–Kier alpha value is -4.76. The molecule has 0 radical (unpaired) electrons. The van der Waals surface area contributed by atoms with E-state index in [1.807, 2.05) is 18.2 Å². The first-order valence-electron chi connectivity index (χ1n) is 11.8. The summed E-state index contributed by atoms with van der Waals surface area (Å²) in [6, 6.07) is 9.27. The van der Waals surface area contributed by atoms with Crippen molar-refractivity contribution >= 4 is 44.1 Å². The highest BCUT2D eigenvalue weighted by atomic mass is 32.2. The monoisotopic (exact) mass is 570 g/mol. The summed E-state index contributed by atoms with van der Waals surface area (Å²) in [5, 5.41) is 10.4. The molecule has 0 saturated carbocycles. The van der Waals surface area contributed by atoms with Crippen molar-refractivity contribution in [3.05, 3.63) is 77.5 Å². The van der Waals surface area contributed by atoms with Crippen LogP contribution >= 0.6 is 0 Å². The number of carbonyl (C=O) groups is 1. The smallest absolute Gasteiger partial charge is 0.264 e. The summed E-state index contributed by atoms with van der Waals surface area (Å²) in [6.45, 7) is 3.49. The van der Waals surface area contributed by atoms with Crippen LogP contribution in [0.5, 0.6) is 0 Å². The predicted octanol–water partition coefficient (Wildman–Crippen LogP) is 4.17. The summed E-state index contributed by atoms with van der Waals surface area (Å²) in [7, 11) is -3.67. The molecule has 12 nitrogen and oxygen atoms in total. The fourth-order valence-electron chi connectivity index (χ4n) is 3.75. The summed E-state index contributed by atoms with van der Waals surface area (Å²) < 4.78 is 56.4. The average molecular weight is 571 g/mol. The van der Waals surface area contributed by atoms with Gasteiger partial charge in [-0.05, 0) is 37.6 Å². The first-order valence-corrected chi connectivity index (χ1v) is 13.4. The van der Waals surface area contributed by atoms with Gasteiger partial charge in [-0.3, -0.25) is 14.4 Å². The molecule has 0 bridgehead atoms. The van der Waals surface area contributed by atoms with Gasteiger partial charge in [0.15, 0.2) is 11.6 Å². The van der Waals surface area contributed by atoms with Crippen molar-refractivity contribution in [2.24, 2.45) is 0 Å². The first kappa shape index (κ1) is 28.3. The number of aromatic amines is 2. The Kier molecular flexibility index (Phi) is 8.16. The second kappa shape index (κ2) is 11.5. The van der Waals surface area contributed by atoms with Gasteiger partial charge in [-0.15, -0.1) is 0 Å². The van der Waals surface area contributed by atoms with Crippen LogP contribution in [0.1, 0.15) is 35.1 Å². The zero-order valence-corrected chi connectivity index (χ0v) is 22.1. The van der Waals surface area contributed by atoms with E-state index >= 15 is 0 Å². The second-order valence-electron chi connectivity index (χ2n) is 8.54. The highest BCUT2D eigenvalue weighted by Gasteiger charge is 2.25. The number of hydrogen-bond acceptors (Lipinski definition) is 9. The Morgan fingerprint density at radius 3 is 2.60 bits per heavy atom. The number of rotatable bonds is 7. The summed E-state index contributed by atoms with van der Waals surface area (Å²) in [6.07, 6.45) is 3.11. The van der Waals surface area contributed by atoms with E-state index in [0.717, 1.165) is 17.7 Å². The molecule has 0 fully saturated rings. The lowest BCUT2D eigenvalue weighted by Gasteiger charge is -2.10. The van der Waals surface area contributed by atoms with E-state index < -0.39 is 33.1 Å². The third-order valence-electron chi connectivity index (χ3n) is 5.51. The number of aromatic nitrogens is 6. The number of fused-ring (bicyclic) bond motifs is 1. The highest BCUT2D eigenvalue weighted by Crippen LogP contribution is 2.31. The number of nitrogens with one attached hydrogen (secondary N) is 3. The third kappa shape index (κ3) is 6.27. The fourth-order valence-corrected chi connectivity index (χ4v) is 4.27. The maximum Gasteiger partial charge on any atom is 0.264 e. The predicted molar refractivity (Wildman–Crippen MR) is 145 cm³/mol. The van der Waals surface area contributed by atoms with Gasteiger partial charge in [-0.25, -0.2) is 23.7 Å². The molecule has 5 rings (SSSR count). The Balaban J connectivity index is 0.000000470. The van der Waals surface area contributed by atoms with Gasteiger partial charge in [0, 0.05) is 17.4 Å². The summed E-state index contributed by atoms with van der Waals surface area (Å²) in [4.78, 5) is 28.6. The number of anilines is 3. The number of ketones is 1. The van der Waals surface area contributed by atoms with Crippen LogP contribution in [0.25, 0.3) is 22.4 Å². The summed E-state index contributed by atoms with van der Waals surface area (Å²) in [5.41, 5.74) is 6.18. The molecule has 40 heavy (non-hydrogen) atoms. The van der Waals surface area contributed by atoms with Crippen molar-refractivity contribution in [2.75, 3.05) is 16.8 Å². The molecule has 0 saturated heterocycles. The zero-order chi connectivity index (χ0) is 29.0. The Labute approximate surface area is 226 Å². The minimum atomic E-state index is -3.67. The third-order valence-corrected chi connectivity index (χ3v) is 6.43. The molecular weight excluding hydrogens is 546 g/mol. The van der Waals surface area contributed by atoms with E-state index in [4.69, 9.17) is 10.3 Å². The minimum absolute atomic E-state index is 0.00255. The van der Waals surface area contributed by atoms with Crippen LogP contribution in [0.15, 0.2) is 48.9 Å². The first-order chi connectivity index (χ1) is 19.0. The minimum Gasteiger partial charge on any atom is -0.396 e. The Morgan fingerprint density at radius 1 is 1.18 bits per heavy atom. The van der Waals surface area contributed by atoms with E-state index in [1.165, 1.54) is 12.5 Å². The number of nitrogens with zero attached hydrogens (tertiary/aromatic N) is 4. The number of aryl methyl sites for hydroxylation is 1. The van der Waals surface area contributed by atoms with Crippen molar-refractivity contribution in [1.82, 2.24) is 30.1 Å². The van der Waals surface area contributed by atoms with Crippen LogP contribution in [0.4, 0.5) is 26.0 Å². The van der Waals surface area contributed by atoms with E-state index in [0.29, 0.717) is 29.4 Å². The maximum absolute atomic E-state index is 14.5. The number of nitrogen functional groups attached to an aromatic ring is 1. The lowest BCUT2D eigenvalue weighted by molar-refractivity contribution is 0.103. The van der Waals surface area contributed by atoms with Crippen LogP contribution < -0.4 is 11.1 Å². The van der Waals surface area contributed by atoms with Crippen LogP contribution in [0, 0.1) is 18.6 Å². The molecule has 15 heteroatoms. The molecule has 5 aromatic rings. The van der Waals surface area contributed by atoms with Crippen molar-refractivity contribution in [1.29, 1.82) is 0 Å². The molecule has 0 unspecified atom stereocenters. The van der Waals surface area contributed by atoms with E-state index in [-0.39, 0.29) is 28.2 Å². The number of carbonyl (C=O) groups excluding carboxylic acids is 1. The van der Waals surface area contributed by atoms with Gasteiger partial charge < -0.3 is 16.0 Å². The molecule has 0 aliphatic heterocycles. The number of benzene rings is 2. The molecule has 2 aromatic carbocycles. The van der Waals surface area contributed by atoms with Gasteiger partial charge in [0.05, 0.1) is 28.0 Å². The van der Waals surface area contributed by atoms with Gasteiger partial charge in [0.1, 0.15) is 29.4 Å². The van der Waals surface area contributed by atoms with Crippen LogP contribution in [0.3, 0.4) is 0 Å². The largest absolute Gasteiger partial charge is 0.396 e. The van der Waals surface area contributed by atoms with Gasteiger partial charge in [-0.2, -0.15) is 13.5 Å². The lowest BCUT2D eigenvalue weighted by atomic mass is 10.0. The summed E-state index contributed by atoms with van der Waals surface area (Å²) >= 11 is 0. The van der Waals surface area contributed by atoms with E-state index in [2.05, 4.69) is 35.5 Å². The number of H-pyrrole nitrogens is 2. The molecule has 3 heterocycles. The Bertz CT molecular complexity index is 1800. The molecule has 6 N–H and O–H groups in total. The Morgan fingerprint density at radius 2 is 1.95 bits per heavy atom. The van der Waals surface area contributed by atoms with Crippen LogP contribution in [-0.4, -0.2) is 54.6 Å². The number of nitrogens with two attached hydrogens (primary N) is 1. The molecule has 0 atom stereocenters. The molecule has 208 valence electrons. The standard InChI is InChI=1S/C22H16F2N8O.C3H8O3S/c1-10-29-20(32-31-10)11-3-2-4-12(7-11)30-22-16-13(8-26-21(16)27-9-28-22)19(33)17-14(23)5-6-15(25)18(17)24;1-2-3-7(4,5)6/h2-9H,25H2,1H3,(H,29,31,32)(H2,26,27,28,30);2-3H2,1H3,(H,4,5,6). The second-order valence-corrected chi connectivity index (χ2v) is 10.1. The molecule has 3 aromatic heterocycles. The number of halogens is 2. The van der Waals surface area contributed by atoms with E-state index in [1.54, 1.807) is 19.9 Å². The van der Waals surface area contributed by atoms with Crippen molar-refractivity contribution in [3.63, 3.8) is 0 Å². The molecule has 0 aliphatic carbocycles. The topological polar surface area (TPSA) is 193 Å². The fraction of sp³-hybridized carbons (Fsp3) is 0.160. The average Bonchev–Trinajstić information content (AvgIpc) is 3.53. The van der Waals surface area contributed by atoms with Gasteiger partial charge in [0.2, 0.25) is 5.78 Å². The van der Waals surface area contributed by atoms with Gasteiger partial charge >= 0.3 is 0 Å². The quantitative estimate of drug-likeness (QED) is 0.108.